The summed E-state index contributed by atoms with van der Waals surface area (Å²) < 4.78 is 30.4. The standard InChI is InChI=1S/C26H28F2N8O2/c1-14-12-35(13-20(29)25(14)34(3)15(2)37)23-6-7-30-11-22(23)32-26-31-10-16-4-5-21(33-36(16)26)24-18(27)8-17(38)9-19(24)28/h4-11,14,20,25,38H,12-13,29H2,1-3H3,(H,31,32)/t14-,20+,25-/m0/s1. The number of pyridine rings is 1. The maximum Gasteiger partial charge on any atom is 0.229 e. The summed E-state index contributed by atoms with van der Waals surface area (Å²) in [7, 11) is 1.78. The molecule has 0 aliphatic carbocycles. The molecule has 1 aliphatic heterocycles. The number of aromatic nitrogens is 4. The molecule has 198 valence electrons. The number of benzene rings is 1. The van der Waals surface area contributed by atoms with Gasteiger partial charge < -0.3 is 26.0 Å². The third-order valence-electron chi connectivity index (χ3n) is 6.96. The van der Waals surface area contributed by atoms with Gasteiger partial charge in [-0.25, -0.2) is 13.8 Å². The average Bonchev–Trinajstić information content (AvgIpc) is 3.25. The van der Waals surface area contributed by atoms with Crippen molar-refractivity contribution in [1.82, 2.24) is 24.5 Å². The Morgan fingerprint density at radius 3 is 2.61 bits per heavy atom. The van der Waals surface area contributed by atoms with E-state index in [1.54, 1.807) is 36.6 Å². The summed E-state index contributed by atoms with van der Waals surface area (Å²) in [5.74, 6) is -1.96. The molecule has 1 aromatic carbocycles. The number of hydrogen-bond donors (Lipinski definition) is 3. The van der Waals surface area contributed by atoms with Crippen molar-refractivity contribution < 1.29 is 18.7 Å². The Hall–Kier alpha value is -4.32. The van der Waals surface area contributed by atoms with Gasteiger partial charge in [0.25, 0.3) is 0 Å². The van der Waals surface area contributed by atoms with E-state index < -0.39 is 17.4 Å². The van der Waals surface area contributed by atoms with E-state index in [4.69, 9.17) is 5.73 Å². The molecule has 1 amide bonds. The lowest BCUT2D eigenvalue weighted by Crippen LogP contribution is -2.62. The number of aromatic hydroxyl groups is 1. The molecule has 5 rings (SSSR count). The maximum absolute atomic E-state index is 14.5. The monoisotopic (exact) mass is 522 g/mol. The molecular formula is C26H28F2N8O2. The Morgan fingerprint density at radius 2 is 1.92 bits per heavy atom. The van der Waals surface area contributed by atoms with Crippen LogP contribution in [-0.4, -0.2) is 67.7 Å². The number of nitrogens with two attached hydrogens (primary N) is 1. The molecule has 1 aliphatic rings. The lowest BCUT2D eigenvalue weighted by atomic mass is 9.88. The molecule has 38 heavy (non-hydrogen) atoms. The van der Waals surface area contributed by atoms with Crippen LogP contribution in [0.3, 0.4) is 0 Å². The number of anilines is 3. The molecule has 0 unspecified atom stereocenters. The third-order valence-corrected chi connectivity index (χ3v) is 6.96. The predicted molar refractivity (Wildman–Crippen MR) is 139 cm³/mol. The van der Waals surface area contributed by atoms with Crippen LogP contribution in [-0.2, 0) is 4.79 Å². The van der Waals surface area contributed by atoms with Crippen LogP contribution in [0.2, 0.25) is 0 Å². The lowest BCUT2D eigenvalue weighted by molar-refractivity contribution is -0.131. The third kappa shape index (κ3) is 4.58. The zero-order chi connectivity index (χ0) is 27.1. The summed E-state index contributed by atoms with van der Waals surface area (Å²) in [4.78, 5) is 24.5. The smallest absolute Gasteiger partial charge is 0.229 e. The van der Waals surface area contributed by atoms with Gasteiger partial charge in [-0.15, -0.1) is 0 Å². The van der Waals surface area contributed by atoms with Gasteiger partial charge in [-0.2, -0.15) is 9.61 Å². The van der Waals surface area contributed by atoms with E-state index in [1.165, 1.54) is 17.5 Å². The molecule has 12 heteroatoms. The van der Waals surface area contributed by atoms with E-state index in [9.17, 15) is 18.7 Å². The van der Waals surface area contributed by atoms with Gasteiger partial charge in [0, 0.05) is 51.4 Å². The Balaban J connectivity index is 1.46. The van der Waals surface area contributed by atoms with Crippen molar-refractivity contribution in [2.75, 3.05) is 30.4 Å². The van der Waals surface area contributed by atoms with Gasteiger partial charge in [0.05, 0.1) is 46.6 Å². The number of nitrogens with one attached hydrogen (secondary N) is 1. The van der Waals surface area contributed by atoms with Gasteiger partial charge >= 0.3 is 0 Å². The van der Waals surface area contributed by atoms with Crippen molar-refractivity contribution in [3.05, 3.63) is 60.6 Å². The number of rotatable bonds is 5. The first-order chi connectivity index (χ1) is 18.1. The van der Waals surface area contributed by atoms with Crippen LogP contribution in [0.1, 0.15) is 13.8 Å². The van der Waals surface area contributed by atoms with Gasteiger partial charge in [-0.1, -0.05) is 6.92 Å². The van der Waals surface area contributed by atoms with Gasteiger partial charge in [-0.05, 0) is 24.1 Å². The number of carbonyl (C=O) groups excluding carboxylic acids is 1. The number of piperidine rings is 1. The minimum Gasteiger partial charge on any atom is -0.508 e. The summed E-state index contributed by atoms with van der Waals surface area (Å²) in [6.45, 7) is 4.79. The number of phenols is 1. The fourth-order valence-corrected chi connectivity index (χ4v) is 5.18. The quantitative estimate of drug-likeness (QED) is 0.365. The number of hydrogen-bond acceptors (Lipinski definition) is 8. The van der Waals surface area contributed by atoms with Crippen LogP contribution in [0.4, 0.5) is 26.1 Å². The number of phenolic OH excluding ortho intramolecular Hbond substituents is 1. The SMILES string of the molecule is CC(=O)N(C)[C@@H]1[C@H](N)CN(c2ccncc2Nc2ncc3ccc(-c4c(F)cc(O)cc4F)nn23)C[C@@H]1C. The highest BCUT2D eigenvalue weighted by Crippen LogP contribution is 2.33. The zero-order valence-electron chi connectivity index (χ0n) is 21.1. The molecule has 4 heterocycles. The van der Waals surface area contributed by atoms with Crippen molar-refractivity contribution in [2.45, 2.75) is 25.9 Å². The lowest BCUT2D eigenvalue weighted by Gasteiger charge is -2.46. The first kappa shape index (κ1) is 25.3. The topological polar surface area (TPSA) is 125 Å². The van der Waals surface area contributed by atoms with Crippen molar-refractivity contribution >= 4 is 28.7 Å². The van der Waals surface area contributed by atoms with E-state index in [0.717, 1.165) is 17.8 Å². The number of halogens is 2. The highest BCUT2D eigenvalue weighted by molar-refractivity contribution is 5.75. The van der Waals surface area contributed by atoms with Crippen LogP contribution < -0.4 is 16.0 Å². The summed E-state index contributed by atoms with van der Waals surface area (Å²) in [5, 5.41) is 17.1. The van der Waals surface area contributed by atoms with Crippen LogP contribution in [0.5, 0.6) is 5.75 Å². The Bertz CT molecular complexity index is 1470. The predicted octanol–water partition coefficient (Wildman–Crippen LogP) is 3.15. The molecular weight excluding hydrogens is 494 g/mol. The van der Waals surface area contributed by atoms with Gasteiger partial charge in [0.1, 0.15) is 17.4 Å². The van der Waals surface area contributed by atoms with Crippen molar-refractivity contribution in [3.8, 4) is 17.0 Å². The summed E-state index contributed by atoms with van der Waals surface area (Å²) in [5.41, 5.74) is 8.30. The number of amides is 1. The van der Waals surface area contributed by atoms with E-state index in [1.807, 2.05) is 6.07 Å². The Labute approximate surface area is 217 Å². The van der Waals surface area contributed by atoms with E-state index in [0.29, 0.717) is 30.2 Å². The average molecular weight is 523 g/mol. The fourth-order valence-electron chi connectivity index (χ4n) is 5.18. The van der Waals surface area contributed by atoms with Crippen molar-refractivity contribution in [3.63, 3.8) is 0 Å². The second-order valence-electron chi connectivity index (χ2n) is 9.61. The van der Waals surface area contributed by atoms with Crippen molar-refractivity contribution in [2.24, 2.45) is 11.7 Å². The van der Waals surface area contributed by atoms with Crippen LogP contribution in [0.25, 0.3) is 16.8 Å². The van der Waals surface area contributed by atoms with Crippen LogP contribution >= 0.6 is 0 Å². The molecule has 1 saturated heterocycles. The maximum atomic E-state index is 14.5. The van der Waals surface area contributed by atoms with Gasteiger partial charge in [0.2, 0.25) is 11.9 Å². The number of imidazole rings is 1. The number of likely N-dealkylation sites (N-methyl/N-ethyl adjacent to an activating group) is 1. The number of nitrogens with zero attached hydrogens (tertiary/aromatic N) is 6. The molecule has 0 bridgehead atoms. The molecule has 1 fully saturated rings. The second-order valence-corrected chi connectivity index (χ2v) is 9.61. The molecule has 0 spiro atoms. The molecule has 3 atom stereocenters. The largest absolute Gasteiger partial charge is 0.508 e. The van der Waals surface area contributed by atoms with E-state index >= 15 is 0 Å². The normalized spacial score (nSPS) is 19.5. The molecule has 0 radical (unpaired) electrons. The van der Waals surface area contributed by atoms with Gasteiger partial charge in [-0.3, -0.25) is 9.78 Å². The first-order valence-electron chi connectivity index (χ1n) is 12.1. The molecule has 4 N–H and O–H groups in total. The van der Waals surface area contributed by atoms with E-state index in [-0.39, 0.29) is 35.2 Å². The fraction of sp³-hybridized carbons (Fsp3) is 0.308. The molecule has 10 nitrogen and oxygen atoms in total. The molecule has 0 saturated carbocycles. The number of carbonyl (C=O) groups is 1. The van der Waals surface area contributed by atoms with Gasteiger partial charge in [0.15, 0.2) is 0 Å². The highest BCUT2D eigenvalue weighted by atomic mass is 19.1. The minimum atomic E-state index is -0.928. The molecule has 3 aromatic heterocycles. The van der Waals surface area contributed by atoms with Crippen LogP contribution in [0, 0.1) is 17.6 Å². The first-order valence-corrected chi connectivity index (χ1v) is 12.1. The summed E-state index contributed by atoms with van der Waals surface area (Å²) in [6.07, 6.45) is 4.92. The number of fused-ring (bicyclic) bond motifs is 1. The molecule has 4 aromatic rings. The highest BCUT2D eigenvalue weighted by Gasteiger charge is 2.36. The second kappa shape index (κ2) is 9.86. The minimum absolute atomic E-state index is 0.0258. The Morgan fingerprint density at radius 1 is 1.18 bits per heavy atom. The van der Waals surface area contributed by atoms with E-state index in [2.05, 4.69) is 32.2 Å². The van der Waals surface area contributed by atoms with Crippen LogP contribution in [0.15, 0.2) is 48.9 Å². The Kier molecular flexibility index (Phi) is 6.57. The summed E-state index contributed by atoms with van der Waals surface area (Å²) in [6, 6.07) is 6.33. The zero-order valence-corrected chi connectivity index (χ0v) is 21.1. The summed E-state index contributed by atoms with van der Waals surface area (Å²) >= 11 is 0. The van der Waals surface area contributed by atoms with Crippen molar-refractivity contribution in [1.29, 1.82) is 0 Å².